The average Bonchev–Trinajstić information content (AvgIpc) is 2.87. The molecule has 8 heteroatoms. The van der Waals surface area contributed by atoms with Gasteiger partial charge in [0, 0.05) is 5.56 Å². The van der Waals surface area contributed by atoms with Crippen molar-refractivity contribution in [2.45, 2.75) is 32.9 Å². The van der Waals surface area contributed by atoms with Crippen molar-refractivity contribution in [1.82, 2.24) is 14.9 Å². The maximum atomic E-state index is 13.5. The van der Waals surface area contributed by atoms with Crippen LogP contribution in [0.4, 0.5) is 18.0 Å². The zero-order chi connectivity index (χ0) is 18.1. The number of aryl methyl sites for hydroxylation is 1. The van der Waals surface area contributed by atoms with Crippen molar-refractivity contribution in [1.29, 1.82) is 0 Å². The van der Waals surface area contributed by atoms with E-state index in [0.29, 0.717) is 29.2 Å². The van der Waals surface area contributed by atoms with E-state index >= 15 is 0 Å². The summed E-state index contributed by atoms with van der Waals surface area (Å²) in [6, 6.07) is 3.42. The SMILES string of the molecule is Cc1ncc(-c2ccc(F)c(C(F)F)c2)nc1CN1C[C@H](C)OC1=O. The monoisotopic (exact) mass is 351 g/mol. The number of carbonyl (C=O) groups is 1. The van der Waals surface area contributed by atoms with Gasteiger partial charge in [0.1, 0.15) is 11.9 Å². The predicted octanol–water partition coefficient (Wildman–Crippen LogP) is 3.87. The van der Waals surface area contributed by atoms with E-state index in [1.165, 1.54) is 17.2 Å². The third-order valence-electron chi connectivity index (χ3n) is 3.96. The summed E-state index contributed by atoms with van der Waals surface area (Å²) in [5.74, 6) is -0.965. The lowest BCUT2D eigenvalue weighted by Crippen LogP contribution is -2.25. The highest BCUT2D eigenvalue weighted by atomic mass is 19.3. The fourth-order valence-electron chi connectivity index (χ4n) is 2.63. The lowest BCUT2D eigenvalue weighted by molar-refractivity contribution is 0.137. The van der Waals surface area contributed by atoms with Crippen LogP contribution in [0.3, 0.4) is 0 Å². The summed E-state index contributed by atoms with van der Waals surface area (Å²) in [6.07, 6.45) is -2.11. The van der Waals surface area contributed by atoms with Crippen molar-refractivity contribution in [2.75, 3.05) is 6.54 Å². The number of hydrogen-bond acceptors (Lipinski definition) is 4. The first-order valence-electron chi connectivity index (χ1n) is 7.71. The molecule has 1 atom stereocenters. The van der Waals surface area contributed by atoms with Gasteiger partial charge in [0.15, 0.2) is 0 Å². The van der Waals surface area contributed by atoms with Crippen LogP contribution in [0.2, 0.25) is 0 Å². The minimum atomic E-state index is -2.92. The van der Waals surface area contributed by atoms with Crippen molar-refractivity contribution in [3.63, 3.8) is 0 Å². The van der Waals surface area contributed by atoms with Crippen LogP contribution in [0.15, 0.2) is 24.4 Å². The first-order valence-corrected chi connectivity index (χ1v) is 7.71. The number of carbonyl (C=O) groups excluding carboxylic acids is 1. The highest BCUT2D eigenvalue weighted by Gasteiger charge is 2.29. The molecule has 5 nitrogen and oxygen atoms in total. The zero-order valence-electron chi connectivity index (χ0n) is 13.7. The molecule has 0 aliphatic carbocycles. The molecule has 0 bridgehead atoms. The van der Waals surface area contributed by atoms with Crippen molar-refractivity contribution in [3.8, 4) is 11.3 Å². The maximum Gasteiger partial charge on any atom is 0.410 e. The minimum Gasteiger partial charge on any atom is -0.444 e. The van der Waals surface area contributed by atoms with Crippen molar-refractivity contribution in [3.05, 3.63) is 47.2 Å². The van der Waals surface area contributed by atoms with Crippen LogP contribution in [0, 0.1) is 12.7 Å². The molecule has 0 saturated carbocycles. The van der Waals surface area contributed by atoms with E-state index in [9.17, 15) is 18.0 Å². The first kappa shape index (κ1) is 17.2. The molecule has 1 aromatic carbocycles. The van der Waals surface area contributed by atoms with Crippen LogP contribution in [0.25, 0.3) is 11.3 Å². The second kappa shape index (κ2) is 6.70. The van der Waals surface area contributed by atoms with Gasteiger partial charge in [-0.25, -0.2) is 22.9 Å². The van der Waals surface area contributed by atoms with E-state index in [1.807, 2.05) is 0 Å². The summed E-state index contributed by atoms with van der Waals surface area (Å²) in [6.45, 7) is 4.18. The smallest absolute Gasteiger partial charge is 0.410 e. The van der Waals surface area contributed by atoms with Gasteiger partial charge < -0.3 is 4.74 Å². The number of ether oxygens (including phenoxy) is 1. The molecule has 132 valence electrons. The van der Waals surface area contributed by atoms with Crippen LogP contribution >= 0.6 is 0 Å². The van der Waals surface area contributed by atoms with Gasteiger partial charge >= 0.3 is 6.09 Å². The molecule has 0 radical (unpaired) electrons. The molecule has 1 fully saturated rings. The van der Waals surface area contributed by atoms with Gasteiger partial charge in [0.2, 0.25) is 0 Å². The molecule has 0 spiro atoms. The number of benzene rings is 1. The Labute approximate surface area is 142 Å². The molecule has 1 saturated heterocycles. The Hall–Kier alpha value is -2.64. The van der Waals surface area contributed by atoms with E-state index in [4.69, 9.17) is 4.74 Å². The first-order chi connectivity index (χ1) is 11.8. The fraction of sp³-hybridized carbons (Fsp3) is 0.353. The van der Waals surface area contributed by atoms with Gasteiger partial charge in [-0.1, -0.05) is 0 Å². The van der Waals surface area contributed by atoms with Gasteiger partial charge in [-0.2, -0.15) is 0 Å². The molecule has 1 aliphatic heterocycles. The number of alkyl halides is 2. The summed E-state index contributed by atoms with van der Waals surface area (Å²) >= 11 is 0. The highest BCUT2D eigenvalue weighted by Crippen LogP contribution is 2.27. The largest absolute Gasteiger partial charge is 0.444 e. The topological polar surface area (TPSA) is 55.3 Å². The van der Waals surface area contributed by atoms with Crippen LogP contribution < -0.4 is 0 Å². The number of halogens is 3. The molecular formula is C17H16F3N3O2. The van der Waals surface area contributed by atoms with Crippen molar-refractivity contribution in [2.24, 2.45) is 0 Å². The Balaban J connectivity index is 1.92. The Morgan fingerprint density at radius 2 is 2.16 bits per heavy atom. The molecule has 1 amide bonds. The predicted molar refractivity (Wildman–Crippen MR) is 83.5 cm³/mol. The van der Waals surface area contributed by atoms with Gasteiger partial charge in [-0.3, -0.25) is 9.88 Å². The van der Waals surface area contributed by atoms with E-state index in [0.717, 1.165) is 12.1 Å². The normalized spacial score (nSPS) is 17.3. The van der Waals surface area contributed by atoms with Crippen LogP contribution in [-0.4, -0.2) is 33.6 Å². The lowest BCUT2D eigenvalue weighted by atomic mass is 10.1. The Morgan fingerprint density at radius 1 is 1.40 bits per heavy atom. The molecule has 25 heavy (non-hydrogen) atoms. The summed E-state index contributed by atoms with van der Waals surface area (Å²) in [5, 5.41) is 0. The third kappa shape index (κ3) is 3.57. The number of rotatable bonds is 4. The summed E-state index contributed by atoms with van der Waals surface area (Å²) in [4.78, 5) is 21.9. The molecule has 1 aliphatic rings. The molecule has 2 aromatic rings. The summed E-state index contributed by atoms with van der Waals surface area (Å²) < 4.78 is 44.3. The van der Waals surface area contributed by atoms with Crippen LogP contribution in [-0.2, 0) is 11.3 Å². The lowest BCUT2D eigenvalue weighted by Gasteiger charge is -2.14. The van der Waals surface area contributed by atoms with Crippen molar-refractivity contribution < 1.29 is 22.7 Å². The van der Waals surface area contributed by atoms with E-state index in [2.05, 4.69) is 9.97 Å². The number of cyclic esters (lactones) is 1. The van der Waals surface area contributed by atoms with E-state index in [-0.39, 0.29) is 12.6 Å². The maximum absolute atomic E-state index is 13.5. The number of nitrogens with zero attached hydrogens (tertiary/aromatic N) is 3. The highest BCUT2D eigenvalue weighted by molar-refractivity contribution is 5.70. The average molecular weight is 351 g/mol. The number of amides is 1. The van der Waals surface area contributed by atoms with Gasteiger partial charge in [-0.15, -0.1) is 0 Å². The molecule has 2 heterocycles. The van der Waals surface area contributed by atoms with Gasteiger partial charge in [0.05, 0.1) is 41.9 Å². The quantitative estimate of drug-likeness (QED) is 0.839. The van der Waals surface area contributed by atoms with Gasteiger partial charge in [0.25, 0.3) is 6.43 Å². The second-order valence-electron chi connectivity index (χ2n) is 5.90. The van der Waals surface area contributed by atoms with Gasteiger partial charge in [-0.05, 0) is 32.0 Å². The zero-order valence-corrected chi connectivity index (χ0v) is 13.7. The number of aromatic nitrogens is 2. The Bertz CT molecular complexity index is 814. The summed E-state index contributed by atoms with van der Waals surface area (Å²) in [5.41, 5.74) is 1.14. The Kier molecular flexibility index (Phi) is 4.61. The molecule has 0 unspecified atom stereocenters. The van der Waals surface area contributed by atoms with Crippen LogP contribution in [0.1, 0.15) is 30.3 Å². The second-order valence-corrected chi connectivity index (χ2v) is 5.90. The molecule has 1 aromatic heterocycles. The molecular weight excluding hydrogens is 335 g/mol. The minimum absolute atomic E-state index is 0.199. The van der Waals surface area contributed by atoms with Crippen LogP contribution in [0.5, 0.6) is 0 Å². The van der Waals surface area contributed by atoms with E-state index < -0.39 is 23.9 Å². The summed E-state index contributed by atoms with van der Waals surface area (Å²) in [7, 11) is 0. The third-order valence-corrected chi connectivity index (χ3v) is 3.96. The standard InChI is InChI=1S/C17H16F3N3O2/c1-9-7-23(17(24)25-9)8-15-10(2)21-6-14(22-15)11-3-4-13(18)12(5-11)16(19)20/h3-6,9,16H,7-8H2,1-2H3/t9-/m0/s1. The van der Waals surface area contributed by atoms with Crippen molar-refractivity contribution >= 4 is 6.09 Å². The number of hydrogen-bond donors (Lipinski definition) is 0. The molecule has 3 rings (SSSR count). The Morgan fingerprint density at radius 3 is 2.80 bits per heavy atom. The van der Waals surface area contributed by atoms with E-state index in [1.54, 1.807) is 13.8 Å². The molecule has 0 N–H and O–H groups in total. The fourth-order valence-corrected chi connectivity index (χ4v) is 2.63.